The van der Waals surface area contributed by atoms with Gasteiger partial charge in [0.2, 0.25) is 5.88 Å². The van der Waals surface area contributed by atoms with Crippen molar-refractivity contribution in [3.63, 3.8) is 0 Å². The van der Waals surface area contributed by atoms with Gasteiger partial charge in [0.15, 0.2) is 0 Å². The molecule has 2 rings (SSSR count). The molecule has 0 saturated heterocycles. The fourth-order valence-electron chi connectivity index (χ4n) is 1.33. The van der Waals surface area contributed by atoms with Crippen molar-refractivity contribution in [1.29, 1.82) is 0 Å². The smallest absolute Gasteiger partial charge is 0.419 e. The molecule has 0 fully saturated rings. The van der Waals surface area contributed by atoms with Crippen molar-refractivity contribution in [2.75, 3.05) is 0 Å². The van der Waals surface area contributed by atoms with E-state index in [-0.39, 0.29) is 16.1 Å². The Labute approximate surface area is 117 Å². The van der Waals surface area contributed by atoms with E-state index in [9.17, 15) is 22.4 Å². The Balaban J connectivity index is 2.40. The first-order chi connectivity index (χ1) is 9.29. The molecule has 1 N–H and O–H groups in total. The second kappa shape index (κ2) is 5.23. The minimum Gasteiger partial charge on any atom is -0.438 e. The van der Waals surface area contributed by atoms with E-state index in [2.05, 4.69) is 25.9 Å². The Kier molecular flexibility index (Phi) is 3.80. The number of hydrogen-bond donors (Lipinski definition) is 1. The molecule has 1 heterocycles. The number of nitrogens with zero attached hydrogens (tertiary/aromatic N) is 1. The van der Waals surface area contributed by atoms with E-state index in [1.54, 1.807) is 0 Å². The number of rotatable bonds is 2. The summed E-state index contributed by atoms with van der Waals surface area (Å²) in [5.74, 6) is -1.94. The predicted molar refractivity (Wildman–Crippen MR) is 64.0 cm³/mol. The first-order valence-electron chi connectivity index (χ1n) is 5.07. The lowest BCUT2D eigenvalue weighted by atomic mass is 10.2. The maximum Gasteiger partial charge on any atom is 0.419 e. The van der Waals surface area contributed by atoms with Crippen LogP contribution in [-0.2, 0) is 6.18 Å². The third kappa shape index (κ3) is 2.98. The number of benzene rings is 1. The van der Waals surface area contributed by atoms with E-state index in [4.69, 9.17) is 4.74 Å². The van der Waals surface area contributed by atoms with E-state index in [1.807, 2.05) is 0 Å². The Morgan fingerprint density at radius 1 is 1.30 bits per heavy atom. The number of aromatic nitrogens is 2. The molecule has 0 aliphatic carbocycles. The number of nitrogens with one attached hydrogen (secondary N) is 1. The number of alkyl halides is 3. The van der Waals surface area contributed by atoms with Crippen molar-refractivity contribution in [2.45, 2.75) is 6.18 Å². The topological polar surface area (TPSA) is 55.0 Å². The lowest BCUT2D eigenvalue weighted by Gasteiger charge is -2.10. The lowest BCUT2D eigenvalue weighted by Crippen LogP contribution is -2.10. The van der Waals surface area contributed by atoms with Gasteiger partial charge in [0.25, 0.3) is 5.56 Å². The van der Waals surface area contributed by atoms with Gasteiger partial charge in [0.05, 0.1) is 11.9 Å². The third-order valence-electron chi connectivity index (χ3n) is 2.22. The van der Waals surface area contributed by atoms with Crippen LogP contribution in [0.1, 0.15) is 5.56 Å². The van der Waals surface area contributed by atoms with E-state index in [0.29, 0.717) is 12.1 Å². The molecular formula is C11H5BrF4N2O2. The van der Waals surface area contributed by atoms with Gasteiger partial charge in [0.1, 0.15) is 16.0 Å². The minimum atomic E-state index is -4.84. The molecule has 0 saturated carbocycles. The van der Waals surface area contributed by atoms with Gasteiger partial charge >= 0.3 is 6.18 Å². The molecule has 0 amide bonds. The predicted octanol–water partition coefficient (Wildman–Crippen LogP) is 3.48. The van der Waals surface area contributed by atoms with Gasteiger partial charge in [-0.2, -0.15) is 13.2 Å². The van der Waals surface area contributed by atoms with Crippen molar-refractivity contribution in [2.24, 2.45) is 0 Å². The van der Waals surface area contributed by atoms with Gasteiger partial charge in [-0.05, 0) is 34.1 Å². The second-order valence-electron chi connectivity index (χ2n) is 3.59. The summed E-state index contributed by atoms with van der Waals surface area (Å²) >= 11 is 2.88. The van der Waals surface area contributed by atoms with Crippen molar-refractivity contribution in [3.05, 3.63) is 50.7 Å². The molecule has 0 aliphatic heterocycles. The first kappa shape index (κ1) is 14.5. The van der Waals surface area contributed by atoms with E-state index < -0.39 is 23.1 Å². The zero-order valence-electron chi connectivity index (χ0n) is 9.46. The number of hydrogen-bond acceptors (Lipinski definition) is 3. The number of ether oxygens (including phenoxy) is 1. The second-order valence-corrected chi connectivity index (χ2v) is 4.39. The van der Waals surface area contributed by atoms with Crippen LogP contribution in [0.4, 0.5) is 17.6 Å². The molecule has 1 aromatic carbocycles. The van der Waals surface area contributed by atoms with Gasteiger partial charge in [0, 0.05) is 0 Å². The molecule has 0 radical (unpaired) electrons. The maximum absolute atomic E-state index is 13.1. The van der Waals surface area contributed by atoms with Crippen LogP contribution in [-0.4, -0.2) is 9.97 Å². The molecule has 2 aromatic rings. The summed E-state index contributed by atoms with van der Waals surface area (Å²) in [5.41, 5.74) is -2.02. The summed E-state index contributed by atoms with van der Waals surface area (Å²) in [7, 11) is 0. The largest absolute Gasteiger partial charge is 0.438 e. The molecule has 0 bridgehead atoms. The minimum absolute atomic E-state index is 0.0853. The van der Waals surface area contributed by atoms with Crippen LogP contribution in [0.25, 0.3) is 0 Å². The molecule has 0 unspecified atom stereocenters. The zero-order valence-corrected chi connectivity index (χ0v) is 11.0. The summed E-state index contributed by atoms with van der Waals surface area (Å²) < 4.78 is 55.6. The van der Waals surface area contributed by atoms with Crippen LogP contribution in [0.3, 0.4) is 0 Å². The molecule has 20 heavy (non-hydrogen) atoms. The van der Waals surface area contributed by atoms with Crippen molar-refractivity contribution in [3.8, 4) is 11.6 Å². The summed E-state index contributed by atoms with van der Waals surface area (Å²) in [6.45, 7) is 0. The van der Waals surface area contributed by atoms with Crippen molar-refractivity contribution >= 4 is 15.9 Å². The van der Waals surface area contributed by atoms with Crippen LogP contribution in [0, 0.1) is 5.82 Å². The van der Waals surface area contributed by atoms with Crippen molar-refractivity contribution < 1.29 is 22.3 Å². The van der Waals surface area contributed by atoms with Crippen LogP contribution >= 0.6 is 15.9 Å². The zero-order chi connectivity index (χ0) is 14.9. The standard InChI is InChI=1S/C11H5BrF4N2O2/c12-8-9(19)17-4-18-10(8)20-5-1-2-7(13)6(3-5)11(14,15)16/h1-4H,(H,17,18,19). The van der Waals surface area contributed by atoms with Crippen molar-refractivity contribution in [1.82, 2.24) is 9.97 Å². The van der Waals surface area contributed by atoms with Crippen LogP contribution < -0.4 is 10.3 Å². The average Bonchev–Trinajstić information content (AvgIpc) is 2.36. The lowest BCUT2D eigenvalue weighted by molar-refractivity contribution is -0.140. The average molecular weight is 353 g/mol. The van der Waals surface area contributed by atoms with Crippen LogP contribution in [0.2, 0.25) is 0 Å². The molecule has 0 spiro atoms. The molecule has 1 aromatic heterocycles. The third-order valence-corrected chi connectivity index (χ3v) is 2.92. The highest BCUT2D eigenvalue weighted by atomic mass is 79.9. The molecule has 9 heteroatoms. The van der Waals surface area contributed by atoms with E-state index in [0.717, 1.165) is 12.4 Å². The summed E-state index contributed by atoms with van der Waals surface area (Å²) in [4.78, 5) is 17.1. The molecule has 0 aliphatic rings. The Morgan fingerprint density at radius 3 is 2.65 bits per heavy atom. The number of aromatic amines is 1. The monoisotopic (exact) mass is 352 g/mol. The highest BCUT2D eigenvalue weighted by Crippen LogP contribution is 2.35. The van der Waals surface area contributed by atoms with Gasteiger partial charge in [-0.15, -0.1) is 0 Å². The van der Waals surface area contributed by atoms with Gasteiger partial charge in [-0.25, -0.2) is 9.37 Å². The summed E-state index contributed by atoms with van der Waals surface area (Å²) in [5, 5.41) is 0. The van der Waals surface area contributed by atoms with Crippen LogP contribution in [0.5, 0.6) is 11.6 Å². The highest BCUT2D eigenvalue weighted by Gasteiger charge is 2.34. The molecule has 4 nitrogen and oxygen atoms in total. The van der Waals surface area contributed by atoms with E-state index in [1.165, 1.54) is 0 Å². The SMILES string of the molecule is O=c1[nH]cnc(Oc2ccc(F)c(C(F)(F)F)c2)c1Br. The fourth-order valence-corrected chi connectivity index (χ4v) is 1.63. The Morgan fingerprint density at radius 2 is 2.00 bits per heavy atom. The van der Waals surface area contributed by atoms with Gasteiger partial charge in [-0.3, -0.25) is 4.79 Å². The van der Waals surface area contributed by atoms with E-state index >= 15 is 0 Å². The highest BCUT2D eigenvalue weighted by molar-refractivity contribution is 9.10. The summed E-state index contributed by atoms with van der Waals surface area (Å²) in [6.07, 6.45) is -3.82. The molecular weight excluding hydrogens is 348 g/mol. The molecule has 106 valence electrons. The maximum atomic E-state index is 13.1. The fraction of sp³-hybridized carbons (Fsp3) is 0.0909. The Hall–Kier alpha value is -1.90. The number of halogens is 5. The van der Waals surface area contributed by atoms with Gasteiger partial charge < -0.3 is 9.72 Å². The Bertz CT molecular complexity index is 700. The summed E-state index contributed by atoms with van der Waals surface area (Å²) in [6, 6.07) is 2.11. The van der Waals surface area contributed by atoms with Gasteiger partial charge in [-0.1, -0.05) is 0 Å². The normalized spacial score (nSPS) is 11.4. The first-order valence-corrected chi connectivity index (χ1v) is 5.86. The number of H-pyrrole nitrogens is 1. The quantitative estimate of drug-likeness (QED) is 0.842. The van der Waals surface area contributed by atoms with Crippen LogP contribution in [0.15, 0.2) is 33.8 Å². The molecule has 0 atom stereocenters.